The third kappa shape index (κ3) is 3.98. The van der Waals surface area contributed by atoms with Gasteiger partial charge in [0.15, 0.2) is 11.6 Å². The molecule has 0 spiro atoms. The largest absolute Gasteiger partial charge is 0.455 e. The average Bonchev–Trinajstić information content (AvgIpc) is 3.60. The molecular weight excluding hydrogens is 542 g/mol. The molecule has 44 heavy (non-hydrogen) atoms. The van der Waals surface area contributed by atoms with Gasteiger partial charge in [-0.15, -0.1) is 0 Å². The Hall–Kier alpha value is -5.80. The third-order valence-electron chi connectivity index (χ3n) is 8.13. The molecule has 0 atom stereocenters. The lowest BCUT2D eigenvalue weighted by Crippen LogP contribution is -2.18. The predicted molar refractivity (Wildman–Crippen MR) is 176 cm³/mol. The maximum Gasteiger partial charge on any atom is 0.165 e. The van der Waals surface area contributed by atoms with Gasteiger partial charge in [-0.1, -0.05) is 87.5 Å². The van der Waals surface area contributed by atoms with E-state index in [1.807, 2.05) is 72.8 Å². The number of hydrogen-bond acceptors (Lipinski definition) is 5. The summed E-state index contributed by atoms with van der Waals surface area (Å²) in [6.45, 7) is 6.29. The molecule has 8 aromatic rings. The highest BCUT2D eigenvalue weighted by molar-refractivity contribution is 6.24. The number of aromatic nitrogens is 4. The number of para-hydroxylation sites is 2. The third-order valence-corrected chi connectivity index (χ3v) is 8.13. The molecule has 0 saturated carbocycles. The summed E-state index contributed by atoms with van der Waals surface area (Å²) in [6, 6.07) is 38.8. The summed E-state index contributed by atoms with van der Waals surface area (Å²) in [5, 5.41) is 14.3. The highest BCUT2D eigenvalue weighted by atomic mass is 16.3. The Morgan fingerprint density at radius 1 is 0.682 bits per heavy atom. The molecule has 6 heteroatoms. The van der Waals surface area contributed by atoms with Gasteiger partial charge in [0.2, 0.25) is 0 Å². The van der Waals surface area contributed by atoms with Crippen molar-refractivity contribution in [1.82, 2.24) is 19.5 Å². The molecule has 8 rings (SSSR count). The first kappa shape index (κ1) is 25.9. The molecular formula is C38H27N5O. The van der Waals surface area contributed by atoms with Crippen LogP contribution < -0.4 is 0 Å². The van der Waals surface area contributed by atoms with Crippen molar-refractivity contribution in [3.63, 3.8) is 0 Å². The molecule has 3 heterocycles. The van der Waals surface area contributed by atoms with Crippen molar-refractivity contribution in [2.45, 2.75) is 26.2 Å². The van der Waals surface area contributed by atoms with Crippen LogP contribution in [0.15, 0.2) is 114 Å². The number of nitrogens with zero attached hydrogens (tertiary/aromatic N) is 5. The van der Waals surface area contributed by atoms with E-state index < -0.39 is 0 Å². The number of nitriles is 1. The summed E-state index contributed by atoms with van der Waals surface area (Å²) in [7, 11) is 0. The van der Waals surface area contributed by atoms with Crippen LogP contribution in [0.1, 0.15) is 32.2 Å². The Labute approximate surface area is 253 Å². The summed E-state index contributed by atoms with van der Waals surface area (Å²) in [4.78, 5) is 14.9. The minimum atomic E-state index is -0.325. The summed E-state index contributed by atoms with van der Waals surface area (Å²) < 4.78 is 8.74. The van der Waals surface area contributed by atoms with E-state index in [0.29, 0.717) is 23.0 Å². The SMILES string of the molecule is CC(C)(C)c1nc(-c2ccccc2)nc(-c2cc(C#N)ccc2-n2c3ccccc3c3c4oc5ccccc5c4ccc32)n1. The van der Waals surface area contributed by atoms with Crippen molar-refractivity contribution < 1.29 is 4.42 Å². The highest BCUT2D eigenvalue weighted by Crippen LogP contribution is 2.42. The van der Waals surface area contributed by atoms with Gasteiger partial charge in [0.1, 0.15) is 17.0 Å². The fourth-order valence-corrected chi connectivity index (χ4v) is 6.02. The first-order valence-corrected chi connectivity index (χ1v) is 14.6. The molecule has 0 amide bonds. The van der Waals surface area contributed by atoms with Crippen molar-refractivity contribution in [1.29, 1.82) is 5.26 Å². The second-order valence-corrected chi connectivity index (χ2v) is 12.1. The minimum Gasteiger partial charge on any atom is -0.455 e. The van der Waals surface area contributed by atoms with Gasteiger partial charge in [-0.25, -0.2) is 15.0 Å². The predicted octanol–water partition coefficient (Wildman–Crippen LogP) is 9.37. The topological polar surface area (TPSA) is 80.5 Å². The van der Waals surface area contributed by atoms with E-state index in [9.17, 15) is 5.26 Å². The number of benzene rings is 5. The van der Waals surface area contributed by atoms with E-state index in [4.69, 9.17) is 19.4 Å². The minimum absolute atomic E-state index is 0.325. The highest BCUT2D eigenvalue weighted by Gasteiger charge is 2.24. The van der Waals surface area contributed by atoms with Crippen LogP contribution in [0.4, 0.5) is 0 Å². The molecule has 0 fully saturated rings. The van der Waals surface area contributed by atoms with Crippen molar-refractivity contribution in [2.75, 3.05) is 0 Å². The lowest BCUT2D eigenvalue weighted by atomic mass is 9.95. The van der Waals surface area contributed by atoms with Crippen molar-refractivity contribution in [3.05, 3.63) is 121 Å². The number of hydrogen-bond donors (Lipinski definition) is 0. The summed E-state index contributed by atoms with van der Waals surface area (Å²) in [6.07, 6.45) is 0. The summed E-state index contributed by atoms with van der Waals surface area (Å²) in [5.74, 6) is 1.80. The molecule has 0 bridgehead atoms. The number of fused-ring (bicyclic) bond motifs is 7. The van der Waals surface area contributed by atoms with E-state index in [1.54, 1.807) is 0 Å². The number of furan rings is 1. The Morgan fingerprint density at radius 2 is 1.41 bits per heavy atom. The van der Waals surface area contributed by atoms with Gasteiger partial charge < -0.3 is 8.98 Å². The van der Waals surface area contributed by atoms with Gasteiger partial charge in [0, 0.05) is 32.7 Å². The lowest BCUT2D eigenvalue weighted by molar-refractivity contribution is 0.543. The molecule has 6 nitrogen and oxygen atoms in total. The zero-order valence-electron chi connectivity index (χ0n) is 24.5. The Morgan fingerprint density at radius 3 is 2.20 bits per heavy atom. The fraction of sp³-hybridized carbons (Fsp3) is 0.105. The van der Waals surface area contributed by atoms with Gasteiger partial charge >= 0.3 is 0 Å². The summed E-state index contributed by atoms with van der Waals surface area (Å²) in [5.41, 5.74) is 6.47. The molecule has 0 aliphatic rings. The first-order valence-electron chi connectivity index (χ1n) is 14.6. The average molecular weight is 570 g/mol. The number of rotatable bonds is 3. The zero-order chi connectivity index (χ0) is 30.0. The molecule has 0 saturated heterocycles. The maximum absolute atomic E-state index is 9.96. The Bertz CT molecular complexity index is 2440. The molecule has 210 valence electrons. The maximum atomic E-state index is 9.96. The van der Waals surface area contributed by atoms with Crippen molar-refractivity contribution >= 4 is 43.7 Å². The van der Waals surface area contributed by atoms with E-state index in [0.717, 1.165) is 60.6 Å². The van der Waals surface area contributed by atoms with Crippen LogP contribution >= 0.6 is 0 Å². The van der Waals surface area contributed by atoms with Crippen LogP contribution in [-0.2, 0) is 5.41 Å². The lowest BCUT2D eigenvalue weighted by Gasteiger charge is -2.19. The van der Waals surface area contributed by atoms with Gasteiger partial charge in [-0.2, -0.15) is 5.26 Å². The van der Waals surface area contributed by atoms with Gasteiger partial charge in [0.25, 0.3) is 0 Å². The standard InChI is InChI=1S/C38H27N5O/c1-38(2,3)37-41-35(24-11-5-4-6-12-24)40-36(42-37)28-21-23(22-39)17-19-30(28)43-29-15-9-7-14-27(29)33-31(43)20-18-26-25-13-8-10-16-32(25)44-34(26)33/h4-21H,1-3H3. The van der Waals surface area contributed by atoms with Crippen LogP contribution in [-0.4, -0.2) is 19.5 Å². The fourth-order valence-electron chi connectivity index (χ4n) is 6.02. The van der Waals surface area contributed by atoms with Crippen LogP contribution in [0.5, 0.6) is 0 Å². The van der Waals surface area contributed by atoms with Crippen LogP contribution in [0, 0.1) is 11.3 Å². The smallest absolute Gasteiger partial charge is 0.165 e. The van der Waals surface area contributed by atoms with E-state index >= 15 is 0 Å². The van der Waals surface area contributed by atoms with E-state index in [1.165, 1.54) is 0 Å². The second-order valence-electron chi connectivity index (χ2n) is 12.1. The molecule has 0 N–H and O–H groups in total. The quantitative estimate of drug-likeness (QED) is 0.212. The molecule has 0 unspecified atom stereocenters. The van der Waals surface area contributed by atoms with Crippen molar-refractivity contribution in [3.8, 4) is 34.5 Å². The molecule has 0 aliphatic carbocycles. The Balaban J connectivity index is 1.47. The van der Waals surface area contributed by atoms with Crippen LogP contribution in [0.25, 0.3) is 72.2 Å². The van der Waals surface area contributed by atoms with Crippen LogP contribution in [0.3, 0.4) is 0 Å². The van der Waals surface area contributed by atoms with E-state index in [2.05, 4.69) is 67.8 Å². The first-order chi connectivity index (χ1) is 21.4. The molecule has 3 aromatic heterocycles. The molecule has 5 aromatic carbocycles. The van der Waals surface area contributed by atoms with Crippen molar-refractivity contribution in [2.24, 2.45) is 0 Å². The second kappa shape index (κ2) is 9.62. The van der Waals surface area contributed by atoms with Crippen LogP contribution in [0.2, 0.25) is 0 Å². The van der Waals surface area contributed by atoms with Gasteiger partial charge in [0.05, 0.1) is 33.7 Å². The zero-order valence-corrected chi connectivity index (χ0v) is 24.5. The molecule has 0 aliphatic heterocycles. The monoisotopic (exact) mass is 569 g/mol. The van der Waals surface area contributed by atoms with E-state index in [-0.39, 0.29) is 5.41 Å². The van der Waals surface area contributed by atoms with Gasteiger partial charge in [-0.05, 0) is 42.5 Å². The Kier molecular flexibility index (Phi) is 5.65. The van der Waals surface area contributed by atoms with Gasteiger partial charge in [-0.3, -0.25) is 0 Å². The normalized spacial score (nSPS) is 12.0. The summed E-state index contributed by atoms with van der Waals surface area (Å²) >= 11 is 0. The molecule has 0 radical (unpaired) electrons.